The van der Waals surface area contributed by atoms with E-state index in [4.69, 9.17) is 4.98 Å². The van der Waals surface area contributed by atoms with Crippen LogP contribution in [0.2, 0.25) is 0 Å². The van der Waals surface area contributed by atoms with E-state index in [-0.39, 0.29) is 0 Å². The SMILES string of the molecule is C1=Cc2cc(Nc3nc(-c4ccncc4)nc4cccnc34)ccc2C1. The van der Waals surface area contributed by atoms with Gasteiger partial charge < -0.3 is 5.32 Å². The minimum absolute atomic E-state index is 0.649. The third kappa shape index (κ3) is 2.59. The van der Waals surface area contributed by atoms with Gasteiger partial charge in [-0.3, -0.25) is 9.97 Å². The Balaban J connectivity index is 1.63. The number of nitrogens with zero attached hydrogens (tertiary/aromatic N) is 4. The number of hydrogen-bond acceptors (Lipinski definition) is 5. The van der Waals surface area contributed by atoms with Crippen LogP contribution in [0.1, 0.15) is 11.1 Å². The van der Waals surface area contributed by atoms with Crippen molar-refractivity contribution in [2.24, 2.45) is 0 Å². The third-order valence-corrected chi connectivity index (χ3v) is 4.44. The van der Waals surface area contributed by atoms with Crippen molar-refractivity contribution < 1.29 is 0 Å². The lowest BCUT2D eigenvalue weighted by atomic mass is 10.1. The van der Waals surface area contributed by atoms with Gasteiger partial charge in [-0.25, -0.2) is 9.97 Å². The molecule has 124 valence electrons. The number of fused-ring (bicyclic) bond motifs is 2. The van der Waals surface area contributed by atoms with Crippen LogP contribution in [0.3, 0.4) is 0 Å². The summed E-state index contributed by atoms with van der Waals surface area (Å²) in [4.78, 5) is 17.9. The number of hydrogen-bond donors (Lipinski definition) is 1. The molecule has 0 unspecified atom stereocenters. The molecule has 1 N–H and O–H groups in total. The summed E-state index contributed by atoms with van der Waals surface area (Å²) in [5.41, 5.74) is 6.06. The summed E-state index contributed by atoms with van der Waals surface area (Å²) in [7, 11) is 0. The van der Waals surface area contributed by atoms with Crippen molar-refractivity contribution in [3.8, 4) is 11.4 Å². The highest BCUT2D eigenvalue weighted by Crippen LogP contribution is 2.28. The highest BCUT2D eigenvalue weighted by Gasteiger charge is 2.12. The number of aromatic nitrogens is 4. The van der Waals surface area contributed by atoms with Gasteiger partial charge in [0.15, 0.2) is 11.6 Å². The molecule has 5 rings (SSSR count). The van der Waals surface area contributed by atoms with Gasteiger partial charge in [0.05, 0.1) is 5.52 Å². The van der Waals surface area contributed by atoms with E-state index in [1.54, 1.807) is 18.6 Å². The summed E-state index contributed by atoms with van der Waals surface area (Å²) in [6, 6.07) is 14.0. The number of benzene rings is 1. The molecule has 0 saturated carbocycles. The molecule has 0 amide bonds. The molecule has 0 bridgehead atoms. The molecule has 3 heterocycles. The van der Waals surface area contributed by atoms with E-state index in [0.717, 1.165) is 28.7 Å². The first-order chi connectivity index (χ1) is 12.9. The maximum atomic E-state index is 4.73. The second-order valence-electron chi connectivity index (χ2n) is 6.15. The molecule has 1 aliphatic rings. The normalized spacial score (nSPS) is 12.3. The third-order valence-electron chi connectivity index (χ3n) is 4.44. The first kappa shape index (κ1) is 14.7. The van der Waals surface area contributed by atoms with E-state index < -0.39 is 0 Å². The molecule has 5 nitrogen and oxygen atoms in total. The largest absolute Gasteiger partial charge is 0.338 e. The molecule has 1 aromatic carbocycles. The average Bonchev–Trinajstić information content (AvgIpc) is 3.16. The number of pyridine rings is 2. The van der Waals surface area contributed by atoms with Crippen LogP contribution in [0.4, 0.5) is 11.5 Å². The molecule has 4 aromatic rings. The lowest BCUT2D eigenvalue weighted by Gasteiger charge is -2.11. The number of allylic oxidation sites excluding steroid dienone is 1. The first-order valence-corrected chi connectivity index (χ1v) is 8.46. The summed E-state index contributed by atoms with van der Waals surface area (Å²) >= 11 is 0. The molecule has 0 radical (unpaired) electrons. The Hall–Kier alpha value is -3.60. The van der Waals surface area contributed by atoms with Crippen molar-refractivity contribution in [3.05, 3.63) is 78.3 Å². The molecule has 0 spiro atoms. The van der Waals surface area contributed by atoms with Crippen molar-refractivity contribution >= 4 is 28.6 Å². The summed E-state index contributed by atoms with van der Waals surface area (Å²) in [6.07, 6.45) is 10.6. The van der Waals surface area contributed by atoms with E-state index >= 15 is 0 Å². The number of anilines is 2. The zero-order valence-corrected chi connectivity index (χ0v) is 13.9. The minimum atomic E-state index is 0.649. The van der Waals surface area contributed by atoms with Gasteiger partial charge in [0.25, 0.3) is 0 Å². The molecule has 0 fully saturated rings. The van der Waals surface area contributed by atoms with Crippen molar-refractivity contribution in [1.29, 1.82) is 0 Å². The first-order valence-electron chi connectivity index (χ1n) is 8.46. The lowest BCUT2D eigenvalue weighted by Crippen LogP contribution is -2.01. The predicted octanol–water partition coefficient (Wildman–Crippen LogP) is 4.40. The zero-order valence-electron chi connectivity index (χ0n) is 13.9. The molecule has 0 saturated heterocycles. The lowest BCUT2D eigenvalue weighted by molar-refractivity contribution is 1.19. The Kier molecular flexibility index (Phi) is 3.42. The monoisotopic (exact) mass is 337 g/mol. The van der Waals surface area contributed by atoms with Gasteiger partial charge in [0.1, 0.15) is 5.52 Å². The Morgan fingerprint density at radius 2 is 1.85 bits per heavy atom. The number of nitrogens with one attached hydrogen (secondary N) is 1. The summed E-state index contributed by atoms with van der Waals surface area (Å²) < 4.78 is 0. The van der Waals surface area contributed by atoms with Crippen molar-refractivity contribution in [3.63, 3.8) is 0 Å². The Bertz CT molecular complexity index is 1140. The second kappa shape index (κ2) is 6.04. The molecular weight excluding hydrogens is 322 g/mol. The van der Waals surface area contributed by atoms with Crippen LogP contribution in [-0.2, 0) is 6.42 Å². The van der Waals surface area contributed by atoms with Gasteiger partial charge >= 0.3 is 0 Å². The van der Waals surface area contributed by atoms with Crippen molar-refractivity contribution in [2.45, 2.75) is 6.42 Å². The molecule has 5 heteroatoms. The Labute approximate surface area is 150 Å². The Morgan fingerprint density at radius 1 is 0.923 bits per heavy atom. The second-order valence-corrected chi connectivity index (χ2v) is 6.15. The standard InChI is InChI=1S/C21H15N5/c1-3-14-6-7-17(13-16(14)4-1)24-21-19-18(5-2-10-23-19)25-20(26-21)15-8-11-22-12-9-15/h1-2,4-13H,3H2,(H,24,25,26). The summed E-state index contributed by atoms with van der Waals surface area (Å²) in [5.74, 6) is 1.35. The van der Waals surface area contributed by atoms with Gasteiger partial charge in [-0.05, 0) is 53.9 Å². The van der Waals surface area contributed by atoms with Crippen LogP contribution in [0.15, 0.2) is 67.1 Å². The summed E-state index contributed by atoms with van der Waals surface area (Å²) in [5, 5.41) is 3.42. The molecule has 3 aromatic heterocycles. The highest BCUT2D eigenvalue weighted by molar-refractivity contribution is 5.89. The fourth-order valence-corrected chi connectivity index (χ4v) is 3.15. The molecule has 0 atom stereocenters. The van der Waals surface area contributed by atoms with Gasteiger partial charge in [-0.2, -0.15) is 0 Å². The fourth-order valence-electron chi connectivity index (χ4n) is 3.15. The van der Waals surface area contributed by atoms with Crippen molar-refractivity contribution in [1.82, 2.24) is 19.9 Å². The van der Waals surface area contributed by atoms with E-state index in [0.29, 0.717) is 11.6 Å². The van der Waals surface area contributed by atoms with Crippen LogP contribution >= 0.6 is 0 Å². The maximum Gasteiger partial charge on any atom is 0.162 e. The fraction of sp³-hybridized carbons (Fsp3) is 0.0476. The van der Waals surface area contributed by atoms with Crippen molar-refractivity contribution in [2.75, 3.05) is 5.32 Å². The zero-order chi connectivity index (χ0) is 17.3. The van der Waals surface area contributed by atoms with Crippen LogP contribution in [0.5, 0.6) is 0 Å². The van der Waals surface area contributed by atoms with E-state index in [1.165, 1.54) is 11.1 Å². The summed E-state index contributed by atoms with van der Waals surface area (Å²) in [6.45, 7) is 0. The van der Waals surface area contributed by atoms with Gasteiger partial charge in [0, 0.05) is 29.8 Å². The van der Waals surface area contributed by atoms with E-state index in [2.05, 4.69) is 50.6 Å². The van der Waals surface area contributed by atoms with Crippen LogP contribution < -0.4 is 5.32 Å². The molecule has 1 aliphatic carbocycles. The highest BCUT2D eigenvalue weighted by atomic mass is 15.1. The minimum Gasteiger partial charge on any atom is -0.338 e. The Morgan fingerprint density at radius 3 is 2.77 bits per heavy atom. The predicted molar refractivity (Wildman–Crippen MR) is 103 cm³/mol. The van der Waals surface area contributed by atoms with Crippen LogP contribution in [0, 0.1) is 0 Å². The topological polar surface area (TPSA) is 63.6 Å². The average molecular weight is 337 g/mol. The van der Waals surface area contributed by atoms with E-state index in [1.807, 2.05) is 24.3 Å². The number of rotatable bonds is 3. The molecule has 0 aliphatic heterocycles. The quantitative estimate of drug-likeness (QED) is 0.600. The van der Waals surface area contributed by atoms with Crippen LogP contribution in [0.25, 0.3) is 28.5 Å². The van der Waals surface area contributed by atoms with E-state index in [9.17, 15) is 0 Å². The smallest absolute Gasteiger partial charge is 0.162 e. The molecular formula is C21H15N5. The molecule has 26 heavy (non-hydrogen) atoms. The van der Waals surface area contributed by atoms with Gasteiger partial charge in [0.2, 0.25) is 0 Å². The van der Waals surface area contributed by atoms with Gasteiger partial charge in [-0.1, -0.05) is 18.2 Å². The van der Waals surface area contributed by atoms with Crippen LogP contribution in [-0.4, -0.2) is 19.9 Å². The maximum absolute atomic E-state index is 4.73. The van der Waals surface area contributed by atoms with Gasteiger partial charge in [-0.15, -0.1) is 0 Å².